The van der Waals surface area contributed by atoms with Crippen molar-refractivity contribution in [3.05, 3.63) is 62.9 Å². The number of hydrogen-bond acceptors (Lipinski definition) is 7. The highest BCUT2D eigenvalue weighted by molar-refractivity contribution is 6.30. The number of alkyl halides is 3. The first-order chi connectivity index (χ1) is 13.7. The lowest BCUT2D eigenvalue weighted by Crippen LogP contribution is -2.14. The van der Waals surface area contributed by atoms with Crippen LogP contribution in [-0.2, 0) is 12.8 Å². The van der Waals surface area contributed by atoms with Gasteiger partial charge in [0.2, 0.25) is 0 Å². The number of nitrogens with zero attached hydrogens (tertiary/aromatic N) is 5. The number of non-ortho nitro benzene ring substituents is 1. The minimum Gasteiger partial charge on any atom is -0.493 e. The average molecular weight is 430 g/mol. The maximum Gasteiger partial charge on any atom is 0.418 e. The van der Waals surface area contributed by atoms with E-state index in [1.165, 1.54) is 25.3 Å². The smallest absolute Gasteiger partial charge is 0.418 e. The highest BCUT2D eigenvalue weighted by atomic mass is 35.5. The fourth-order valence-electron chi connectivity index (χ4n) is 2.44. The van der Waals surface area contributed by atoms with Gasteiger partial charge in [0, 0.05) is 11.1 Å². The Balaban J connectivity index is 1.94. The first-order valence-corrected chi connectivity index (χ1v) is 8.18. The van der Waals surface area contributed by atoms with E-state index in [1.54, 1.807) is 0 Å². The Morgan fingerprint density at radius 1 is 1.21 bits per heavy atom. The fraction of sp³-hybridized carbons (Fsp3) is 0.188. The van der Waals surface area contributed by atoms with Gasteiger partial charge in [-0.05, 0) is 34.7 Å². The molecule has 1 aromatic heterocycles. The summed E-state index contributed by atoms with van der Waals surface area (Å²) in [4.78, 5) is 10.3. The molecule has 0 aliphatic rings. The molecule has 0 saturated carbocycles. The molecule has 13 heteroatoms. The highest BCUT2D eigenvalue weighted by Crippen LogP contribution is 2.36. The van der Waals surface area contributed by atoms with Gasteiger partial charge in [-0.25, -0.2) is 0 Å². The number of rotatable bonds is 6. The molecular weight excluding hydrogens is 419 g/mol. The second kappa shape index (κ2) is 7.91. The summed E-state index contributed by atoms with van der Waals surface area (Å²) in [5.74, 6) is 0.117. The molecule has 0 N–H and O–H groups in total. The van der Waals surface area contributed by atoms with Gasteiger partial charge in [0.25, 0.3) is 5.69 Å². The summed E-state index contributed by atoms with van der Waals surface area (Å²) in [6, 6.07) is 6.82. The average Bonchev–Trinajstić information content (AvgIpc) is 3.13. The minimum absolute atomic E-state index is 0.00315. The number of nitro benzene ring substituents is 1. The van der Waals surface area contributed by atoms with E-state index in [-0.39, 0.29) is 40.3 Å². The molecule has 0 unspecified atom stereocenters. The molecule has 0 bridgehead atoms. The minimum atomic E-state index is -4.70. The maximum atomic E-state index is 13.4. The topological polar surface area (TPSA) is 105 Å². The van der Waals surface area contributed by atoms with Crippen molar-refractivity contribution in [2.75, 3.05) is 7.11 Å². The predicted molar refractivity (Wildman–Crippen MR) is 93.1 cm³/mol. The third-order valence-electron chi connectivity index (χ3n) is 3.74. The van der Waals surface area contributed by atoms with Gasteiger partial charge >= 0.3 is 6.18 Å². The van der Waals surface area contributed by atoms with Crippen LogP contribution >= 0.6 is 11.6 Å². The molecule has 2 aromatic carbocycles. The number of aromatic nitrogens is 4. The van der Waals surface area contributed by atoms with Crippen molar-refractivity contribution in [3.8, 4) is 17.2 Å². The number of hydrogen-bond donors (Lipinski definition) is 0. The van der Waals surface area contributed by atoms with Crippen molar-refractivity contribution in [1.29, 1.82) is 0 Å². The lowest BCUT2D eigenvalue weighted by Gasteiger charge is -2.14. The molecule has 0 saturated heterocycles. The molecule has 0 fully saturated rings. The lowest BCUT2D eigenvalue weighted by atomic mass is 10.1. The van der Waals surface area contributed by atoms with Gasteiger partial charge in [0.05, 0.1) is 29.4 Å². The summed E-state index contributed by atoms with van der Waals surface area (Å²) < 4.78 is 51.5. The Kier molecular flexibility index (Phi) is 5.55. The molecule has 9 nitrogen and oxygen atoms in total. The first-order valence-electron chi connectivity index (χ1n) is 7.80. The SMILES string of the molecule is COc1ccc([N+](=O)[O-])cc1OCc1nnnn1-c1ccc(Cl)cc1C(F)(F)F. The van der Waals surface area contributed by atoms with Gasteiger partial charge in [-0.1, -0.05) is 11.6 Å². The zero-order valence-electron chi connectivity index (χ0n) is 14.6. The molecule has 3 rings (SSSR count). The third kappa shape index (κ3) is 4.37. The monoisotopic (exact) mass is 429 g/mol. The van der Waals surface area contributed by atoms with Gasteiger partial charge < -0.3 is 9.47 Å². The lowest BCUT2D eigenvalue weighted by molar-refractivity contribution is -0.385. The molecule has 0 amide bonds. The maximum absolute atomic E-state index is 13.4. The quantitative estimate of drug-likeness (QED) is 0.433. The summed E-state index contributed by atoms with van der Waals surface area (Å²) >= 11 is 5.68. The summed E-state index contributed by atoms with van der Waals surface area (Å²) in [5, 5.41) is 21.5. The van der Waals surface area contributed by atoms with Crippen LogP contribution in [0, 0.1) is 10.1 Å². The Bertz CT molecular complexity index is 1060. The van der Waals surface area contributed by atoms with Crippen LogP contribution in [0.5, 0.6) is 11.5 Å². The fourth-order valence-corrected chi connectivity index (χ4v) is 2.61. The van der Waals surface area contributed by atoms with E-state index in [9.17, 15) is 23.3 Å². The molecule has 3 aromatic rings. The summed E-state index contributed by atoms with van der Waals surface area (Å²) in [5.41, 5.74) is -1.64. The van der Waals surface area contributed by atoms with E-state index in [1.807, 2.05) is 0 Å². The highest BCUT2D eigenvalue weighted by Gasteiger charge is 2.35. The number of ether oxygens (including phenoxy) is 2. The molecule has 0 atom stereocenters. The Hall–Kier alpha value is -3.41. The zero-order chi connectivity index (χ0) is 21.2. The van der Waals surface area contributed by atoms with Crippen molar-refractivity contribution in [2.24, 2.45) is 0 Å². The summed E-state index contributed by atoms with van der Waals surface area (Å²) in [7, 11) is 1.33. The van der Waals surface area contributed by atoms with Gasteiger partial charge in [0.1, 0.15) is 0 Å². The molecule has 0 radical (unpaired) electrons. The number of halogens is 4. The predicted octanol–water partition coefficient (Wildman–Crippen LogP) is 3.83. The van der Waals surface area contributed by atoms with Crippen molar-refractivity contribution in [1.82, 2.24) is 20.2 Å². The molecule has 0 aliphatic carbocycles. The Morgan fingerprint density at radius 3 is 2.62 bits per heavy atom. The molecule has 1 heterocycles. The van der Waals surface area contributed by atoms with Crippen LogP contribution in [0.2, 0.25) is 5.02 Å². The normalized spacial score (nSPS) is 11.3. The molecular formula is C16H11ClF3N5O4. The Labute approximate surface area is 165 Å². The van der Waals surface area contributed by atoms with Gasteiger partial charge in [-0.3, -0.25) is 10.1 Å². The van der Waals surface area contributed by atoms with Crippen molar-refractivity contribution in [2.45, 2.75) is 12.8 Å². The third-order valence-corrected chi connectivity index (χ3v) is 3.98. The van der Waals surface area contributed by atoms with Crippen LogP contribution in [0.4, 0.5) is 18.9 Å². The second-order valence-electron chi connectivity index (χ2n) is 5.55. The molecule has 0 aliphatic heterocycles. The van der Waals surface area contributed by atoms with Crippen molar-refractivity contribution < 1.29 is 27.6 Å². The van der Waals surface area contributed by atoms with Crippen LogP contribution in [0.15, 0.2) is 36.4 Å². The van der Waals surface area contributed by atoms with Crippen LogP contribution < -0.4 is 9.47 Å². The van der Waals surface area contributed by atoms with E-state index < -0.39 is 16.7 Å². The van der Waals surface area contributed by atoms with Crippen molar-refractivity contribution >= 4 is 17.3 Å². The number of nitro groups is 1. The van der Waals surface area contributed by atoms with Crippen LogP contribution in [0.1, 0.15) is 11.4 Å². The molecule has 29 heavy (non-hydrogen) atoms. The van der Waals surface area contributed by atoms with Gasteiger partial charge in [-0.15, -0.1) is 5.10 Å². The Morgan fingerprint density at radius 2 is 1.97 bits per heavy atom. The van der Waals surface area contributed by atoms with Crippen LogP contribution in [0.3, 0.4) is 0 Å². The standard InChI is InChI=1S/C16H11ClF3N5O4/c1-28-13-5-3-10(25(26)27)7-14(13)29-8-15-21-22-23-24(15)12-4-2-9(17)6-11(12)16(18,19)20/h2-7H,8H2,1H3. The summed E-state index contributed by atoms with van der Waals surface area (Å²) in [6.45, 7) is -0.384. The van der Waals surface area contributed by atoms with E-state index in [4.69, 9.17) is 21.1 Å². The largest absolute Gasteiger partial charge is 0.493 e. The molecule has 0 spiro atoms. The van der Waals surface area contributed by atoms with Gasteiger partial charge in [0.15, 0.2) is 23.9 Å². The molecule has 152 valence electrons. The van der Waals surface area contributed by atoms with Crippen LogP contribution in [-0.4, -0.2) is 32.2 Å². The number of benzene rings is 2. The van der Waals surface area contributed by atoms with E-state index in [2.05, 4.69) is 15.5 Å². The van der Waals surface area contributed by atoms with E-state index in [0.29, 0.717) is 0 Å². The van der Waals surface area contributed by atoms with Gasteiger partial charge in [-0.2, -0.15) is 17.9 Å². The van der Waals surface area contributed by atoms with E-state index >= 15 is 0 Å². The van der Waals surface area contributed by atoms with Crippen molar-refractivity contribution in [3.63, 3.8) is 0 Å². The number of tetrazole rings is 1. The number of methoxy groups -OCH3 is 1. The first kappa shape index (κ1) is 20.3. The summed E-state index contributed by atoms with van der Waals surface area (Å²) in [6.07, 6.45) is -4.70. The zero-order valence-corrected chi connectivity index (χ0v) is 15.3. The van der Waals surface area contributed by atoms with E-state index in [0.717, 1.165) is 22.9 Å². The second-order valence-corrected chi connectivity index (χ2v) is 5.98. The van der Waals surface area contributed by atoms with Crippen LogP contribution in [0.25, 0.3) is 5.69 Å².